The standard InChI is InChI=1S/C14H13ClF5NO/c15-9-6-11(17)10(16)5-7(9)13(22)21-12-4-2-1-3-8(12)14(18,19)20/h5-6,8,12H,1-4H2,(H,21,22)/t8-,12+/m0/s1. The Balaban J connectivity index is 2.18. The number of hydrogen-bond acceptors (Lipinski definition) is 1. The van der Waals surface area contributed by atoms with Crippen LogP contribution in [0.3, 0.4) is 0 Å². The van der Waals surface area contributed by atoms with Gasteiger partial charge >= 0.3 is 6.18 Å². The average molecular weight is 342 g/mol. The SMILES string of the molecule is O=C(N[C@@H]1CCCC[C@@H]1C(F)(F)F)c1cc(F)c(F)cc1Cl. The molecule has 22 heavy (non-hydrogen) atoms. The van der Waals surface area contributed by atoms with E-state index in [0.717, 1.165) is 0 Å². The highest BCUT2D eigenvalue weighted by Gasteiger charge is 2.46. The molecule has 0 unspecified atom stereocenters. The lowest BCUT2D eigenvalue weighted by molar-refractivity contribution is -0.187. The van der Waals surface area contributed by atoms with Crippen molar-refractivity contribution in [2.24, 2.45) is 5.92 Å². The smallest absolute Gasteiger partial charge is 0.349 e. The molecule has 122 valence electrons. The first-order chi connectivity index (χ1) is 10.2. The van der Waals surface area contributed by atoms with E-state index in [1.165, 1.54) is 0 Å². The maximum atomic E-state index is 13.2. The van der Waals surface area contributed by atoms with Crippen molar-refractivity contribution in [2.45, 2.75) is 37.9 Å². The van der Waals surface area contributed by atoms with Gasteiger partial charge in [0.1, 0.15) is 0 Å². The van der Waals surface area contributed by atoms with Gasteiger partial charge in [-0.1, -0.05) is 24.4 Å². The lowest BCUT2D eigenvalue weighted by atomic mass is 9.84. The van der Waals surface area contributed by atoms with Gasteiger partial charge in [-0.25, -0.2) is 8.78 Å². The predicted octanol–water partition coefficient (Wildman–Crippen LogP) is 4.47. The maximum Gasteiger partial charge on any atom is 0.393 e. The number of rotatable bonds is 2. The van der Waals surface area contributed by atoms with E-state index in [1.807, 2.05) is 0 Å². The van der Waals surface area contributed by atoms with Crippen LogP contribution < -0.4 is 5.32 Å². The van der Waals surface area contributed by atoms with Crippen molar-refractivity contribution < 1.29 is 26.7 Å². The lowest BCUT2D eigenvalue weighted by Crippen LogP contribution is -2.47. The minimum absolute atomic E-state index is 0.0695. The second-order valence-electron chi connectivity index (χ2n) is 5.26. The summed E-state index contributed by atoms with van der Waals surface area (Å²) >= 11 is 5.65. The van der Waals surface area contributed by atoms with Crippen LogP contribution in [0.4, 0.5) is 22.0 Å². The van der Waals surface area contributed by atoms with Gasteiger partial charge in [-0.3, -0.25) is 4.79 Å². The Labute approximate surface area is 128 Å². The summed E-state index contributed by atoms with van der Waals surface area (Å²) in [5.74, 6) is -5.10. The second-order valence-corrected chi connectivity index (χ2v) is 5.67. The summed E-state index contributed by atoms with van der Waals surface area (Å²) in [6.07, 6.45) is -3.32. The van der Waals surface area contributed by atoms with Crippen LogP contribution in [0.1, 0.15) is 36.0 Å². The van der Waals surface area contributed by atoms with E-state index < -0.39 is 35.7 Å². The van der Waals surface area contributed by atoms with Crippen molar-refractivity contribution in [1.29, 1.82) is 0 Å². The van der Waals surface area contributed by atoms with Crippen molar-refractivity contribution >= 4 is 17.5 Å². The molecule has 0 spiro atoms. The van der Waals surface area contributed by atoms with E-state index in [4.69, 9.17) is 11.6 Å². The molecule has 1 N–H and O–H groups in total. The molecule has 0 aromatic heterocycles. The quantitative estimate of drug-likeness (QED) is 0.624. The van der Waals surface area contributed by atoms with Crippen LogP contribution >= 0.6 is 11.6 Å². The van der Waals surface area contributed by atoms with Crippen LogP contribution in [-0.2, 0) is 0 Å². The minimum Gasteiger partial charge on any atom is -0.349 e. The summed E-state index contributed by atoms with van der Waals surface area (Å²) in [7, 11) is 0. The summed E-state index contributed by atoms with van der Waals surface area (Å²) < 4.78 is 65.0. The normalized spacial score (nSPS) is 22.5. The molecule has 0 bridgehead atoms. The van der Waals surface area contributed by atoms with Gasteiger partial charge in [-0.05, 0) is 25.0 Å². The van der Waals surface area contributed by atoms with Crippen LogP contribution in [-0.4, -0.2) is 18.1 Å². The molecule has 1 aliphatic carbocycles. The number of nitrogens with one attached hydrogen (secondary N) is 1. The first-order valence-corrected chi connectivity index (χ1v) is 7.10. The third-order valence-electron chi connectivity index (χ3n) is 3.76. The molecule has 0 saturated heterocycles. The molecule has 1 aliphatic rings. The molecule has 1 fully saturated rings. The van der Waals surface area contributed by atoms with Gasteiger partial charge in [0.15, 0.2) is 11.6 Å². The van der Waals surface area contributed by atoms with E-state index in [-0.39, 0.29) is 23.4 Å². The van der Waals surface area contributed by atoms with E-state index in [2.05, 4.69) is 5.32 Å². The predicted molar refractivity (Wildman–Crippen MR) is 70.6 cm³/mol. The Morgan fingerprint density at radius 2 is 1.73 bits per heavy atom. The molecule has 0 radical (unpaired) electrons. The molecule has 2 atom stereocenters. The highest BCUT2D eigenvalue weighted by molar-refractivity contribution is 6.33. The monoisotopic (exact) mass is 341 g/mol. The zero-order valence-electron chi connectivity index (χ0n) is 11.3. The second kappa shape index (κ2) is 6.40. The Hall–Kier alpha value is -1.37. The van der Waals surface area contributed by atoms with Crippen LogP contribution in [0.15, 0.2) is 12.1 Å². The average Bonchev–Trinajstić information content (AvgIpc) is 2.42. The molecule has 0 aliphatic heterocycles. The van der Waals surface area contributed by atoms with Gasteiger partial charge in [0.25, 0.3) is 5.91 Å². The zero-order chi connectivity index (χ0) is 16.5. The number of hydrogen-bond donors (Lipinski definition) is 1. The summed E-state index contributed by atoms with van der Waals surface area (Å²) in [5, 5.41) is 1.90. The largest absolute Gasteiger partial charge is 0.393 e. The minimum atomic E-state index is -4.42. The summed E-state index contributed by atoms with van der Waals surface area (Å²) in [4.78, 5) is 12.0. The number of amides is 1. The van der Waals surface area contributed by atoms with Crippen LogP contribution in [0, 0.1) is 17.6 Å². The van der Waals surface area contributed by atoms with E-state index >= 15 is 0 Å². The Bertz CT molecular complexity index is 575. The topological polar surface area (TPSA) is 29.1 Å². The van der Waals surface area contributed by atoms with Gasteiger partial charge in [0.05, 0.1) is 16.5 Å². The van der Waals surface area contributed by atoms with Crippen molar-refractivity contribution in [1.82, 2.24) is 5.32 Å². The van der Waals surface area contributed by atoms with Crippen molar-refractivity contribution in [2.75, 3.05) is 0 Å². The van der Waals surface area contributed by atoms with Gasteiger partial charge in [-0.2, -0.15) is 13.2 Å². The van der Waals surface area contributed by atoms with Gasteiger partial charge in [0, 0.05) is 6.04 Å². The van der Waals surface area contributed by atoms with E-state index in [9.17, 15) is 26.7 Å². The lowest BCUT2D eigenvalue weighted by Gasteiger charge is -2.33. The molecule has 1 amide bonds. The zero-order valence-corrected chi connectivity index (χ0v) is 12.1. The van der Waals surface area contributed by atoms with E-state index in [0.29, 0.717) is 25.0 Å². The summed E-state index contributed by atoms with van der Waals surface area (Å²) in [6.45, 7) is 0. The highest BCUT2D eigenvalue weighted by atomic mass is 35.5. The van der Waals surface area contributed by atoms with Crippen molar-refractivity contribution in [3.05, 3.63) is 34.4 Å². The highest BCUT2D eigenvalue weighted by Crippen LogP contribution is 2.38. The molecule has 1 aromatic carbocycles. The van der Waals surface area contributed by atoms with Crippen LogP contribution in [0.2, 0.25) is 5.02 Å². The van der Waals surface area contributed by atoms with Crippen molar-refractivity contribution in [3.8, 4) is 0 Å². The fourth-order valence-electron chi connectivity index (χ4n) is 2.64. The number of halogens is 6. The first kappa shape index (κ1) is 17.0. The number of alkyl halides is 3. The molecule has 8 heteroatoms. The van der Waals surface area contributed by atoms with Gasteiger partial charge in [-0.15, -0.1) is 0 Å². The Kier molecular flexibility index (Phi) is 4.94. The van der Waals surface area contributed by atoms with Crippen LogP contribution in [0.5, 0.6) is 0 Å². The third-order valence-corrected chi connectivity index (χ3v) is 4.07. The molecular formula is C14H13ClF5NO. The number of carbonyl (C=O) groups is 1. The van der Waals surface area contributed by atoms with E-state index in [1.54, 1.807) is 0 Å². The third kappa shape index (κ3) is 3.69. The first-order valence-electron chi connectivity index (χ1n) is 6.72. The van der Waals surface area contributed by atoms with Gasteiger partial charge < -0.3 is 5.32 Å². The number of carbonyl (C=O) groups excluding carboxylic acids is 1. The maximum absolute atomic E-state index is 13.2. The van der Waals surface area contributed by atoms with Crippen molar-refractivity contribution in [3.63, 3.8) is 0 Å². The molecule has 0 heterocycles. The molecule has 2 nitrogen and oxygen atoms in total. The summed E-state index contributed by atoms with van der Waals surface area (Å²) in [6, 6.07) is 0.109. The van der Waals surface area contributed by atoms with Crippen LogP contribution in [0.25, 0.3) is 0 Å². The fraction of sp³-hybridized carbons (Fsp3) is 0.500. The molecule has 1 saturated carbocycles. The van der Waals surface area contributed by atoms with Gasteiger partial charge in [0.2, 0.25) is 0 Å². The fourth-order valence-corrected chi connectivity index (χ4v) is 2.87. The molecule has 2 rings (SSSR count). The summed E-state index contributed by atoms with van der Waals surface area (Å²) in [5.41, 5.74) is -0.382. The Morgan fingerprint density at radius 3 is 2.36 bits per heavy atom. The Morgan fingerprint density at radius 1 is 1.14 bits per heavy atom. The number of benzene rings is 1. The molecular weight excluding hydrogens is 329 g/mol. The molecule has 1 aromatic rings.